The third kappa shape index (κ3) is 12.6. The van der Waals surface area contributed by atoms with Crippen molar-refractivity contribution < 1.29 is 39.0 Å². The SMILES string of the molecule is NC(=O)[C@@H]1CSCc2csc(n2)NC(CCCN=C(N)N)C(=O)NCC(=O)N[C@@H](CC(=O)O)C(=O)NC(Cc2ccc(O)cc2)C(=O)N1. The Morgan fingerprint density at radius 1 is 0.938 bits per heavy atom. The highest BCUT2D eigenvalue weighted by molar-refractivity contribution is 7.98. The zero-order chi connectivity index (χ0) is 35.2. The molecule has 18 nitrogen and oxygen atoms in total. The number of primary amides is 1. The average molecular weight is 707 g/mol. The normalized spacial score (nSPS) is 21.3. The number of hydrogen-bond donors (Lipinski definition) is 10. The fourth-order valence-corrected chi connectivity index (χ4v) is 6.21. The lowest BCUT2D eigenvalue weighted by molar-refractivity contribution is -0.141. The standard InChI is InChI=1S/C28H38N10O8S2/c29-23(43)20-13-47-11-15-12-48-28(34-15)38-17(2-1-7-32-27(30)31)24(44)33-10-21(40)35-19(9-22(41)42)26(46)36-18(25(45)37-20)8-14-3-5-16(39)6-4-14/h3-6,12,17-20,39H,1-2,7-11,13H2,(H2,29,43)(H,33,44)(H,34,38)(H,35,40)(H,36,46)(H,37,45)(H,41,42)(H4,30,31,32)/t17?,18?,19-,20-/m0/s1. The van der Waals surface area contributed by atoms with Gasteiger partial charge in [-0.05, 0) is 30.5 Å². The Morgan fingerprint density at radius 2 is 1.65 bits per heavy atom. The van der Waals surface area contributed by atoms with Crippen LogP contribution in [0.4, 0.5) is 5.13 Å². The zero-order valence-electron chi connectivity index (χ0n) is 25.6. The van der Waals surface area contributed by atoms with Gasteiger partial charge >= 0.3 is 5.97 Å². The average Bonchev–Trinajstić information content (AvgIpc) is 3.47. The van der Waals surface area contributed by atoms with Crippen LogP contribution in [0.5, 0.6) is 5.75 Å². The molecule has 2 bridgehead atoms. The maximum Gasteiger partial charge on any atom is 0.305 e. The van der Waals surface area contributed by atoms with E-state index < -0.39 is 72.6 Å². The molecule has 5 amide bonds. The van der Waals surface area contributed by atoms with Crippen molar-refractivity contribution in [3.05, 3.63) is 40.9 Å². The number of carbonyl (C=O) groups excluding carboxylic acids is 5. The molecule has 0 aliphatic carbocycles. The number of carboxylic acids is 1. The molecule has 20 heteroatoms. The number of hydrogen-bond acceptors (Lipinski definition) is 12. The highest BCUT2D eigenvalue weighted by Gasteiger charge is 2.31. The van der Waals surface area contributed by atoms with E-state index in [1.807, 2.05) is 0 Å². The van der Waals surface area contributed by atoms with Gasteiger partial charge in [0.2, 0.25) is 29.5 Å². The Hall–Kier alpha value is -5.11. The van der Waals surface area contributed by atoms with Gasteiger partial charge in [0, 0.05) is 29.9 Å². The van der Waals surface area contributed by atoms with E-state index in [2.05, 4.69) is 36.6 Å². The first-order valence-electron chi connectivity index (χ1n) is 14.6. The quantitative estimate of drug-likeness (QED) is 0.0746. The van der Waals surface area contributed by atoms with E-state index in [0.717, 1.165) is 0 Å². The summed E-state index contributed by atoms with van der Waals surface area (Å²) in [5.41, 5.74) is 17.5. The molecule has 4 atom stereocenters. The molecule has 260 valence electrons. The van der Waals surface area contributed by atoms with Gasteiger partial charge in [0.15, 0.2) is 11.1 Å². The second-order valence-electron chi connectivity index (χ2n) is 10.6. The number of carboxylic acid groups (broad SMARTS) is 1. The summed E-state index contributed by atoms with van der Waals surface area (Å²) in [5, 5.41) is 34.1. The van der Waals surface area contributed by atoms with Crippen LogP contribution in [0.25, 0.3) is 0 Å². The Kier molecular flexibility index (Phi) is 14.2. The molecule has 1 aliphatic heterocycles. The van der Waals surface area contributed by atoms with Crippen LogP contribution in [0.15, 0.2) is 34.6 Å². The number of nitrogens with two attached hydrogens (primary N) is 3. The number of aliphatic carboxylic acids is 1. The van der Waals surface area contributed by atoms with Crippen molar-refractivity contribution in [1.29, 1.82) is 0 Å². The molecule has 0 spiro atoms. The highest BCUT2D eigenvalue weighted by Crippen LogP contribution is 2.22. The van der Waals surface area contributed by atoms with Gasteiger partial charge in [0.1, 0.15) is 29.9 Å². The number of fused-ring (bicyclic) bond motifs is 2. The fourth-order valence-electron chi connectivity index (χ4n) is 4.38. The summed E-state index contributed by atoms with van der Waals surface area (Å²) in [5.74, 6) is -5.28. The van der Waals surface area contributed by atoms with Crippen molar-refractivity contribution in [3.63, 3.8) is 0 Å². The molecule has 1 aliphatic rings. The van der Waals surface area contributed by atoms with E-state index in [9.17, 15) is 39.0 Å². The molecule has 2 heterocycles. The Balaban J connectivity index is 1.90. The summed E-state index contributed by atoms with van der Waals surface area (Å²) in [6, 6.07) is 0.763. The molecule has 1 aromatic heterocycles. The lowest BCUT2D eigenvalue weighted by Crippen LogP contribution is -2.58. The third-order valence-electron chi connectivity index (χ3n) is 6.77. The van der Waals surface area contributed by atoms with Gasteiger partial charge in [-0.2, -0.15) is 11.8 Å². The van der Waals surface area contributed by atoms with Crippen LogP contribution in [0.1, 0.15) is 30.5 Å². The van der Waals surface area contributed by atoms with Gasteiger partial charge < -0.3 is 54.0 Å². The molecule has 48 heavy (non-hydrogen) atoms. The van der Waals surface area contributed by atoms with Crippen molar-refractivity contribution in [1.82, 2.24) is 26.3 Å². The van der Waals surface area contributed by atoms with Crippen molar-refractivity contribution in [2.24, 2.45) is 22.2 Å². The molecule has 2 aromatic rings. The summed E-state index contributed by atoms with van der Waals surface area (Å²) >= 11 is 2.49. The number of phenolic OH excluding ortho intramolecular Hbond substituents is 1. The summed E-state index contributed by atoms with van der Waals surface area (Å²) in [6.07, 6.45) is -0.323. The molecule has 1 aromatic carbocycles. The van der Waals surface area contributed by atoms with Gasteiger partial charge in [0.25, 0.3) is 0 Å². The number of phenols is 1. The third-order valence-corrected chi connectivity index (χ3v) is 8.66. The van der Waals surface area contributed by atoms with Gasteiger partial charge in [-0.3, -0.25) is 33.8 Å². The number of rotatable bonds is 9. The second-order valence-corrected chi connectivity index (χ2v) is 12.5. The van der Waals surface area contributed by atoms with Crippen LogP contribution in [-0.2, 0) is 40.9 Å². The number of carbonyl (C=O) groups is 6. The molecule has 0 saturated carbocycles. The number of aliphatic imine (C=N–C) groups is 1. The van der Waals surface area contributed by atoms with Gasteiger partial charge in [0.05, 0.1) is 18.7 Å². The summed E-state index contributed by atoms with van der Waals surface area (Å²) in [4.78, 5) is 85.0. The van der Waals surface area contributed by atoms with Gasteiger partial charge in [-0.15, -0.1) is 11.3 Å². The Bertz CT molecular complexity index is 1500. The monoisotopic (exact) mass is 706 g/mol. The minimum Gasteiger partial charge on any atom is -0.508 e. The Morgan fingerprint density at radius 3 is 2.31 bits per heavy atom. The number of aromatic hydroxyl groups is 1. The minimum atomic E-state index is -1.64. The number of aromatic nitrogens is 1. The van der Waals surface area contributed by atoms with Crippen molar-refractivity contribution >= 4 is 69.7 Å². The van der Waals surface area contributed by atoms with Gasteiger partial charge in [-0.1, -0.05) is 12.1 Å². The maximum absolute atomic E-state index is 13.4. The number of thioether (sulfide) groups is 1. The van der Waals surface area contributed by atoms with E-state index in [0.29, 0.717) is 28.6 Å². The number of nitrogens with one attached hydrogen (secondary N) is 5. The lowest BCUT2D eigenvalue weighted by atomic mass is 10.0. The van der Waals surface area contributed by atoms with Crippen LogP contribution in [0.2, 0.25) is 0 Å². The van der Waals surface area contributed by atoms with E-state index in [1.54, 1.807) is 5.38 Å². The van der Waals surface area contributed by atoms with Crippen molar-refractivity contribution in [2.75, 3.05) is 24.2 Å². The fraction of sp³-hybridized carbons (Fsp3) is 0.429. The first-order chi connectivity index (χ1) is 22.8. The predicted molar refractivity (Wildman–Crippen MR) is 178 cm³/mol. The summed E-state index contributed by atoms with van der Waals surface area (Å²) in [7, 11) is 0. The van der Waals surface area contributed by atoms with Crippen molar-refractivity contribution in [3.8, 4) is 5.75 Å². The molecular formula is C28H38N10O8S2. The molecule has 0 radical (unpaired) electrons. The first-order valence-corrected chi connectivity index (χ1v) is 16.6. The first kappa shape index (κ1) is 37.3. The topological polar surface area (TPSA) is 306 Å². The van der Waals surface area contributed by atoms with Crippen LogP contribution in [-0.4, -0.2) is 99.7 Å². The zero-order valence-corrected chi connectivity index (χ0v) is 27.3. The molecular weight excluding hydrogens is 669 g/mol. The van der Waals surface area contributed by atoms with E-state index in [-0.39, 0.29) is 36.8 Å². The summed E-state index contributed by atoms with van der Waals surface area (Å²) < 4.78 is 0. The van der Waals surface area contributed by atoms with E-state index in [1.165, 1.54) is 47.4 Å². The molecule has 0 fully saturated rings. The van der Waals surface area contributed by atoms with Crippen molar-refractivity contribution in [2.45, 2.75) is 55.6 Å². The van der Waals surface area contributed by atoms with Crippen LogP contribution >= 0.6 is 23.1 Å². The smallest absolute Gasteiger partial charge is 0.305 e. The van der Waals surface area contributed by atoms with Crippen LogP contribution in [0.3, 0.4) is 0 Å². The van der Waals surface area contributed by atoms with Crippen LogP contribution < -0.4 is 43.8 Å². The number of amides is 5. The molecule has 13 N–H and O–H groups in total. The summed E-state index contributed by atoms with van der Waals surface area (Å²) in [6.45, 7) is -0.364. The highest BCUT2D eigenvalue weighted by atomic mass is 32.2. The van der Waals surface area contributed by atoms with Gasteiger partial charge in [-0.25, -0.2) is 4.98 Å². The number of thiazole rings is 1. The second kappa shape index (κ2) is 18.3. The van der Waals surface area contributed by atoms with E-state index in [4.69, 9.17) is 17.2 Å². The molecule has 3 rings (SSSR count). The van der Waals surface area contributed by atoms with E-state index >= 15 is 0 Å². The Labute approximate surface area is 283 Å². The lowest BCUT2D eigenvalue weighted by Gasteiger charge is -2.24. The maximum atomic E-state index is 13.4. The largest absolute Gasteiger partial charge is 0.508 e. The predicted octanol–water partition coefficient (Wildman–Crippen LogP) is -2.30. The number of anilines is 1. The van der Waals surface area contributed by atoms with Crippen LogP contribution in [0, 0.1) is 0 Å². The number of nitrogens with zero attached hydrogens (tertiary/aromatic N) is 2. The number of guanidine groups is 1. The molecule has 2 unspecified atom stereocenters. The minimum absolute atomic E-state index is 0.0362. The number of benzene rings is 1. The molecule has 0 saturated heterocycles.